The molecule has 42 heavy (non-hydrogen) atoms. The predicted octanol–water partition coefficient (Wildman–Crippen LogP) is 6.96. The molecule has 5 heterocycles. The van der Waals surface area contributed by atoms with Gasteiger partial charge in [0, 0.05) is 41.7 Å². The molecule has 12 heteroatoms. The van der Waals surface area contributed by atoms with Crippen LogP contribution in [0.25, 0.3) is 36.5 Å². The topological polar surface area (TPSA) is 94.7 Å². The van der Waals surface area contributed by atoms with Crippen LogP contribution >= 0.6 is 34.0 Å². The number of aryl methyl sites for hydroxylation is 1. The lowest BCUT2D eigenvalue weighted by Crippen LogP contribution is -2.37. The number of piperidine rings is 1. The largest absolute Gasteiger partial charge is 0.497 e. The zero-order chi connectivity index (χ0) is 28.8. The van der Waals surface area contributed by atoms with E-state index in [-0.39, 0.29) is 5.91 Å². The number of amides is 1. The van der Waals surface area contributed by atoms with E-state index in [0.717, 1.165) is 78.6 Å². The molecule has 0 unspecified atom stereocenters. The number of hydrogen-bond acceptors (Lipinski definition) is 10. The highest BCUT2D eigenvalue weighted by atomic mass is 32.1. The molecule has 9 nitrogen and oxygen atoms in total. The maximum atomic E-state index is 12.9. The molecule has 214 valence electrons. The van der Waals surface area contributed by atoms with E-state index < -0.39 is 0 Å². The van der Waals surface area contributed by atoms with Gasteiger partial charge in [0.15, 0.2) is 0 Å². The molecule has 1 aliphatic rings. The lowest BCUT2D eigenvalue weighted by molar-refractivity contribution is 0.0697. The van der Waals surface area contributed by atoms with Crippen molar-refractivity contribution in [2.24, 2.45) is 5.92 Å². The Bertz CT molecular complexity index is 1870. The van der Waals surface area contributed by atoms with Crippen molar-refractivity contribution in [1.29, 1.82) is 0 Å². The summed E-state index contributed by atoms with van der Waals surface area (Å²) in [7, 11) is 1.63. The van der Waals surface area contributed by atoms with Gasteiger partial charge >= 0.3 is 0 Å². The van der Waals surface area contributed by atoms with Gasteiger partial charge in [0.05, 0.1) is 29.2 Å². The Morgan fingerprint density at radius 2 is 1.86 bits per heavy atom. The Labute approximate surface area is 254 Å². The standard InChI is InChI=1S/C30H28N6O3S3/c1-17-8-10-35(11-9-17)29(37)20-6-4-19(5-7-20)27-31-21(16-40-27)15-39-25-13-22(38-3)12-23-26(25)42-28(32-23)24-14-36-30(33-24)41-18(2)34-36/h4-7,12-14,16-17H,8-11,15H2,1-3H3. The highest BCUT2D eigenvalue weighted by Crippen LogP contribution is 2.39. The quantitative estimate of drug-likeness (QED) is 0.191. The summed E-state index contributed by atoms with van der Waals surface area (Å²) in [5.41, 5.74) is 4.10. The van der Waals surface area contributed by atoms with Crippen molar-refractivity contribution < 1.29 is 14.3 Å². The van der Waals surface area contributed by atoms with E-state index in [1.165, 1.54) is 11.3 Å². The third-order valence-electron chi connectivity index (χ3n) is 7.41. The van der Waals surface area contributed by atoms with Crippen molar-refractivity contribution in [2.75, 3.05) is 20.2 Å². The molecule has 0 aliphatic carbocycles. The Balaban J connectivity index is 1.07. The number of methoxy groups -OCH3 is 1. The molecular weight excluding hydrogens is 589 g/mol. The lowest BCUT2D eigenvalue weighted by Gasteiger charge is -2.30. The van der Waals surface area contributed by atoms with E-state index >= 15 is 0 Å². The first-order chi connectivity index (χ1) is 20.4. The molecule has 1 aliphatic heterocycles. The SMILES string of the molecule is COc1cc(OCc2csc(-c3ccc(C(=O)N4CCC(C)CC4)cc3)n2)c2sc(-c3cn4nc(C)sc4n3)nc2c1. The Kier molecular flexibility index (Phi) is 7.12. The van der Waals surface area contributed by atoms with Crippen LogP contribution < -0.4 is 9.47 Å². The lowest BCUT2D eigenvalue weighted by atomic mass is 9.98. The van der Waals surface area contributed by atoms with E-state index in [0.29, 0.717) is 24.0 Å². The van der Waals surface area contributed by atoms with Crippen molar-refractivity contribution >= 4 is 55.1 Å². The van der Waals surface area contributed by atoms with Crippen LogP contribution in [0.5, 0.6) is 11.5 Å². The number of nitrogens with zero attached hydrogens (tertiary/aromatic N) is 6. The molecule has 6 aromatic rings. The number of hydrogen-bond donors (Lipinski definition) is 0. The van der Waals surface area contributed by atoms with Crippen LogP contribution in [0.15, 0.2) is 48.0 Å². The van der Waals surface area contributed by atoms with Crippen molar-refractivity contribution in [2.45, 2.75) is 33.3 Å². The molecule has 1 fully saturated rings. The highest BCUT2D eigenvalue weighted by Gasteiger charge is 2.22. The van der Waals surface area contributed by atoms with Gasteiger partial charge in [-0.25, -0.2) is 19.5 Å². The second-order valence-electron chi connectivity index (χ2n) is 10.5. The summed E-state index contributed by atoms with van der Waals surface area (Å²) in [6.45, 7) is 6.19. The maximum absolute atomic E-state index is 12.9. The van der Waals surface area contributed by atoms with Crippen LogP contribution in [0.2, 0.25) is 0 Å². The van der Waals surface area contributed by atoms with Gasteiger partial charge < -0.3 is 14.4 Å². The fourth-order valence-electron chi connectivity index (χ4n) is 5.02. The molecule has 1 saturated heterocycles. The predicted molar refractivity (Wildman–Crippen MR) is 167 cm³/mol. The summed E-state index contributed by atoms with van der Waals surface area (Å²) in [5.74, 6) is 2.16. The van der Waals surface area contributed by atoms with Gasteiger partial charge in [-0.3, -0.25) is 4.79 Å². The number of carbonyl (C=O) groups excluding carboxylic acids is 1. The second-order valence-corrected chi connectivity index (χ2v) is 13.5. The molecule has 0 bridgehead atoms. The van der Waals surface area contributed by atoms with Crippen molar-refractivity contribution in [3.8, 4) is 32.8 Å². The van der Waals surface area contributed by atoms with Crippen molar-refractivity contribution in [3.63, 3.8) is 0 Å². The number of thiazole rings is 2. The van der Waals surface area contributed by atoms with E-state index in [2.05, 4.69) is 12.0 Å². The number of likely N-dealkylation sites (tertiary alicyclic amines) is 1. The summed E-state index contributed by atoms with van der Waals surface area (Å²) in [6.07, 6.45) is 4.04. The van der Waals surface area contributed by atoms with Gasteiger partial charge in [-0.15, -0.1) is 22.7 Å². The molecule has 0 radical (unpaired) electrons. The first kappa shape index (κ1) is 27.0. The summed E-state index contributed by atoms with van der Waals surface area (Å²) in [6, 6.07) is 11.6. The van der Waals surface area contributed by atoms with E-state index in [4.69, 9.17) is 24.4 Å². The minimum atomic E-state index is 0.108. The molecule has 2 aromatic carbocycles. The number of aromatic nitrogens is 5. The number of fused-ring (bicyclic) bond motifs is 2. The van der Waals surface area contributed by atoms with Crippen LogP contribution in [0.3, 0.4) is 0 Å². The molecule has 0 N–H and O–H groups in total. The molecule has 0 saturated carbocycles. The zero-order valence-corrected chi connectivity index (χ0v) is 25.8. The first-order valence-electron chi connectivity index (χ1n) is 13.7. The zero-order valence-electron chi connectivity index (χ0n) is 23.4. The summed E-state index contributed by atoms with van der Waals surface area (Å²) in [5, 5.41) is 9.12. The number of rotatable bonds is 7. The second kappa shape index (κ2) is 11.1. The third kappa shape index (κ3) is 5.25. The van der Waals surface area contributed by atoms with E-state index in [1.807, 2.05) is 59.8 Å². The Morgan fingerprint density at radius 1 is 1.05 bits per heavy atom. The van der Waals surface area contributed by atoms with Crippen LogP contribution in [0, 0.1) is 12.8 Å². The first-order valence-corrected chi connectivity index (χ1v) is 16.2. The molecular formula is C30H28N6O3S3. The molecule has 1 amide bonds. The fourth-order valence-corrected chi connectivity index (χ4v) is 7.52. The molecule has 4 aromatic heterocycles. The summed E-state index contributed by atoms with van der Waals surface area (Å²) >= 11 is 4.64. The van der Waals surface area contributed by atoms with Gasteiger partial charge in [-0.1, -0.05) is 30.4 Å². The molecule has 7 rings (SSSR count). The van der Waals surface area contributed by atoms with E-state index in [9.17, 15) is 4.79 Å². The Hall–Kier alpha value is -3.87. The summed E-state index contributed by atoms with van der Waals surface area (Å²) < 4.78 is 14.5. The van der Waals surface area contributed by atoms with Gasteiger partial charge in [-0.2, -0.15) is 5.10 Å². The number of benzene rings is 2. The average molecular weight is 617 g/mol. The monoisotopic (exact) mass is 616 g/mol. The normalized spacial score (nSPS) is 14.2. The van der Waals surface area contributed by atoms with Crippen LogP contribution in [-0.4, -0.2) is 55.6 Å². The van der Waals surface area contributed by atoms with Crippen molar-refractivity contribution in [1.82, 2.24) is 29.5 Å². The van der Waals surface area contributed by atoms with Gasteiger partial charge in [0.25, 0.3) is 5.91 Å². The van der Waals surface area contributed by atoms with Gasteiger partial charge in [0.1, 0.15) is 38.8 Å². The number of ether oxygens (including phenoxy) is 2. The summed E-state index contributed by atoms with van der Waals surface area (Å²) in [4.78, 5) is 30.0. The average Bonchev–Trinajstić information content (AvgIpc) is 3.79. The minimum Gasteiger partial charge on any atom is -0.497 e. The van der Waals surface area contributed by atoms with E-state index in [1.54, 1.807) is 34.3 Å². The number of imidazole rings is 1. The number of carbonyl (C=O) groups is 1. The smallest absolute Gasteiger partial charge is 0.253 e. The van der Waals surface area contributed by atoms with Gasteiger partial charge in [0.2, 0.25) is 4.96 Å². The van der Waals surface area contributed by atoms with Crippen molar-refractivity contribution in [3.05, 3.63) is 64.2 Å². The van der Waals surface area contributed by atoms with Crippen LogP contribution in [0.4, 0.5) is 0 Å². The molecule has 0 spiro atoms. The fraction of sp³-hybridized carbons (Fsp3) is 0.300. The Morgan fingerprint density at radius 3 is 2.62 bits per heavy atom. The highest BCUT2D eigenvalue weighted by molar-refractivity contribution is 7.22. The van der Waals surface area contributed by atoms with Crippen LogP contribution in [-0.2, 0) is 6.61 Å². The minimum absolute atomic E-state index is 0.108. The van der Waals surface area contributed by atoms with Crippen LogP contribution in [0.1, 0.15) is 40.8 Å². The molecule has 0 atom stereocenters. The van der Waals surface area contributed by atoms with Gasteiger partial charge in [-0.05, 0) is 37.8 Å². The third-order valence-corrected chi connectivity index (χ3v) is 10.3. The maximum Gasteiger partial charge on any atom is 0.253 e.